The summed E-state index contributed by atoms with van der Waals surface area (Å²) in [5.41, 5.74) is 1.11. The van der Waals surface area contributed by atoms with Crippen LogP contribution in [0.3, 0.4) is 0 Å². The van der Waals surface area contributed by atoms with E-state index in [0.29, 0.717) is 25.2 Å². The van der Waals surface area contributed by atoms with Crippen LogP contribution in [0.25, 0.3) is 0 Å². The van der Waals surface area contributed by atoms with Crippen LogP contribution in [-0.2, 0) is 10.2 Å². The number of likely N-dealkylation sites (tertiary alicyclic amines) is 1. The van der Waals surface area contributed by atoms with Gasteiger partial charge in [-0.25, -0.2) is 0 Å². The number of aromatic hydroxyl groups is 1. The summed E-state index contributed by atoms with van der Waals surface area (Å²) in [7, 11) is 0. The first-order chi connectivity index (χ1) is 13.5. The van der Waals surface area contributed by atoms with Gasteiger partial charge in [0.05, 0.1) is 12.2 Å². The molecule has 1 heterocycles. The van der Waals surface area contributed by atoms with Gasteiger partial charge in [-0.2, -0.15) is 0 Å². The number of phenols is 1. The number of nitrogens with zero attached hydrogens (tertiary/aromatic N) is 1. The number of amides is 2. The van der Waals surface area contributed by atoms with Crippen molar-refractivity contribution in [3.8, 4) is 5.75 Å². The number of carbonyl (C=O) groups is 2. The highest BCUT2D eigenvalue weighted by atomic mass is 16.3. The van der Waals surface area contributed by atoms with Crippen LogP contribution in [0.4, 0.5) is 5.69 Å². The average molecular weight is 382 g/mol. The average Bonchev–Trinajstić information content (AvgIpc) is 2.75. The third kappa shape index (κ3) is 4.02. The van der Waals surface area contributed by atoms with Gasteiger partial charge in [0.1, 0.15) is 5.75 Å². The molecule has 0 aromatic heterocycles. The molecule has 2 amide bonds. The van der Waals surface area contributed by atoms with E-state index in [1.54, 1.807) is 17.9 Å². The molecule has 0 bridgehead atoms. The van der Waals surface area contributed by atoms with Gasteiger partial charge in [0.25, 0.3) is 5.91 Å². The predicted molar refractivity (Wildman–Crippen MR) is 107 cm³/mol. The van der Waals surface area contributed by atoms with Crippen molar-refractivity contribution in [1.29, 1.82) is 0 Å². The van der Waals surface area contributed by atoms with Crippen molar-refractivity contribution < 1.29 is 19.8 Å². The second kappa shape index (κ2) is 8.44. The third-order valence-electron chi connectivity index (χ3n) is 5.38. The highest BCUT2D eigenvalue weighted by molar-refractivity contribution is 5.99. The Morgan fingerprint density at radius 2 is 1.93 bits per heavy atom. The lowest BCUT2D eigenvalue weighted by Crippen LogP contribution is -2.50. The van der Waals surface area contributed by atoms with Crippen LogP contribution in [0.1, 0.15) is 42.1 Å². The number of phenolic OH excluding ortho intramolecular Hbond substituents is 1. The molecule has 0 aliphatic carbocycles. The topological polar surface area (TPSA) is 89.9 Å². The fourth-order valence-electron chi connectivity index (χ4n) is 3.76. The number of anilines is 1. The minimum absolute atomic E-state index is 0.0562. The monoisotopic (exact) mass is 382 g/mol. The van der Waals surface area contributed by atoms with Crippen molar-refractivity contribution in [1.82, 2.24) is 4.90 Å². The van der Waals surface area contributed by atoms with E-state index in [2.05, 4.69) is 5.32 Å². The van der Waals surface area contributed by atoms with Crippen LogP contribution in [0.5, 0.6) is 5.75 Å². The number of hydrogen-bond donors (Lipinski definition) is 3. The Balaban J connectivity index is 1.86. The standard InChI is InChI=1S/C22H26N2O4/c1-2-20(27)23-17-9-10-19(26)18(13-17)21(28)24-12-6-11-22(14-24,15-25)16-7-4-3-5-8-16/h3-5,7-10,13,25-26H,2,6,11-12,14-15H2,1H3,(H,23,27)/t22-/m1/s1. The van der Waals surface area contributed by atoms with Gasteiger partial charge in [-0.05, 0) is 36.6 Å². The van der Waals surface area contributed by atoms with E-state index < -0.39 is 5.41 Å². The maximum absolute atomic E-state index is 13.1. The molecule has 6 heteroatoms. The summed E-state index contributed by atoms with van der Waals surface area (Å²) in [6.07, 6.45) is 1.87. The first kappa shape index (κ1) is 19.9. The van der Waals surface area contributed by atoms with Crippen molar-refractivity contribution >= 4 is 17.5 Å². The second-order valence-corrected chi connectivity index (χ2v) is 7.27. The van der Waals surface area contributed by atoms with Gasteiger partial charge in [-0.3, -0.25) is 9.59 Å². The molecule has 0 spiro atoms. The molecule has 1 fully saturated rings. The number of aliphatic hydroxyl groups excluding tert-OH is 1. The largest absolute Gasteiger partial charge is 0.507 e. The molecule has 0 radical (unpaired) electrons. The van der Waals surface area contributed by atoms with Crippen molar-refractivity contribution in [3.63, 3.8) is 0 Å². The fourth-order valence-corrected chi connectivity index (χ4v) is 3.76. The van der Waals surface area contributed by atoms with Gasteiger partial charge >= 0.3 is 0 Å². The van der Waals surface area contributed by atoms with E-state index in [-0.39, 0.29) is 29.7 Å². The van der Waals surface area contributed by atoms with E-state index in [0.717, 1.165) is 18.4 Å². The van der Waals surface area contributed by atoms with Gasteiger partial charge in [-0.1, -0.05) is 37.3 Å². The Morgan fingerprint density at radius 3 is 2.61 bits per heavy atom. The lowest BCUT2D eigenvalue weighted by Gasteiger charge is -2.42. The summed E-state index contributed by atoms with van der Waals surface area (Å²) in [4.78, 5) is 26.4. The number of piperidine rings is 1. The Bertz CT molecular complexity index is 853. The number of carbonyl (C=O) groups excluding carboxylic acids is 2. The van der Waals surface area contributed by atoms with Crippen molar-refractivity contribution in [2.45, 2.75) is 31.6 Å². The van der Waals surface area contributed by atoms with Crippen molar-refractivity contribution in [2.24, 2.45) is 0 Å². The zero-order chi connectivity index (χ0) is 20.1. The van der Waals surface area contributed by atoms with E-state index in [9.17, 15) is 19.8 Å². The highest BCUT2D eigenvalue weighted by Gasteiger charge is 2.38. The summed E-state index contributed by atoms with van der Waals surface area (Å²) in [5.74, 6) is -0.594. The maximum Gasteiger partial charge on any atom is 0.257 e. The molecule has 3 rings (SSSR count). The van der Waals surface area contributed by atoms with Crippen molar-refractivity contribution in [2.75, 3.05) is 25.0 Å². The molecule has 2 aromatic rings. The molecular weight excluding hydrogens is 356 g/mol. The summed E-state index contributed by atoms with van der Waals surface area (Å²) in [6.45, 7) is 2.61. The molecular formula is C22H26N2O4. The molecule has 1 saturated heterocycles. The third-order valence-corrected chi connectivity index (χ3v) is 5.38. The summed E-state index contributed by atoms with van der Waals surface area (Å²) >= 11 is 0. The Kier molecular flexibility index (Phi) is 5.99. The number of nitrogens with one attached hydrogen (secondary N) is 1. The Labute approximate surface area is 164 Å². The van der Waals surface area contributed by atoms with Gasteiger partial charge in [0.2, 0.25) is 5.91 Å². The molecule has 1 aliphatic rings. The number of aliphatic hydroxyl groups is 1. The van der Waals surface area contributed by atoms with E-state index in [4.69, 9.17) is 0 Å². The molecule has 6 nitrogen and oxygen atoms in total. The molecule has 1 atom stereocenters. The molecule has 2 aromatic carbocycles. The smallest absolute Gasteiger partial charge is 0.257 e. The fraction of sp³-hybridized carbons (Fsp3) is 0.364. The minimum atomic E-state index is -0.515. The Morgan fingerprint density at radius 1 is 1.18 bits per heavy atom. The first-order valence-corrected chi connectivity index (χ1v) is 9.57. The number of benzene rings is 2. The zero-order valence-electron chi connectivity index (χ0n) is 16.0. The summed E-state index contributed by atoms with van der Waals surface area (Å²) in [6, 6.07) is 14.2. The van der Waals surface area contributed by atoms with Crippen LogP contribution < -0.4 is 5.32 Å². The quantitative estimate of drug-likeness (QED) is 0.694. The number of rotatable bonds is 5. The highest BCUT2D eigenvalue weighted by Crippen LogP contribution is 2.35. The van der Waals surface area contributed by atoms with E-state index in [1.165, 1.54) is 12.1 Å². The van der Waals surface area contributed by atoms with Crippen LogP contribution in [0, 0.1) is 0 Å². The van der Waals surface area contributed by atoms with Gasteiger partial charge in [-0.15, -0.1) is 0 Å². The maximum atomic E-state index is 13.1. The van der Waals surface area contributed by atoms with Gasteiger partial charge in [0.15, 0.2) is 0 Å². The lowest BCUT2D eigenvalue weighted by atomic mass is 9.74. The molecule has 148 valence electrons. The predicted octanol–water partition coefficient (Wildman–Crippen LogP) is 2.91. The minimum Gasteiger partial charge on any atom is -0.507 e. The lowest BCUT2D eigenvalue weighted by molar-refractivity contribution is -0.115. The first-order valence-electron chi connectivity index (χ1n) is 9.57. The zero-order valence-corrected chi connectivity index (χ0v) is 16.0. The molecule has 1 aliphatic heterocycles. The number of hydrogen-bond acceptors (Lipinski definition) is 4. The summed E-state index contributed by atoms with van der Waals surface area (Å²) < 4.78 is 0. The Hall–Kier alpha value is -2.86. The van der Waals surface area contributed by atoms with Gasteiger partial charge in [0, 0.05) is 30.6 Å². The summed E-state index contributed by atoms with van der Waals surface area (Å²) in [5, 5.41) is 23.1. The van der Waals surface area contributed by atoms with E-state index >= 15 is 0 Å². The van der Waals surface area contributed by atoms with Crippen molar-refractivity contribution in [3.05, 3.63) is 59.7 Å². The SMILES string of the molecule is CCC(=O)Nc1ccc(O)c(C(=O)N2CCC[C@@](CO)(c3ccccc3)C2)c1. The van der Waals surface area contributed by atoms with Crippen LogP contribution in [0.2, 0.25) is 0 Å². The van der Waals surface area contributed by atoms with Crippen LogP contribution in [0.15, 0.2) is 48.5 Å². The molecule has 3 N–H and O–H groups in total. The van der Waals surface area contributed by atoms with Crippen LogP contribution >= 0.6 is 0 Å². The van der Waals surface area contributed by atoms with Crippen LogP contribution in [-0.4, -0.2) is 46.6 Å². The molecule has 0 saturated carbocycles. The molecule has 28 heavy (non-hydrogen) atoms. The van der Waals surface area contributed by atoms with Gasteiger partial charge < -0.3 is 20.4 Å². The molecule has 0 unspecified atom stereocenters. The normalized spacial score (nSPS) is 19.3. The second-order valence-electron chi connectivity index (χ2n) is 7.27. The van der Waals surface area contributed by atoms with E-state index in [1.807, 2.05) is 30.3 Å².